The normalized spacial score (nSPS) is 19.0. The van der Waals surface area contributed by atoms with Gasteiger partial charge in [-0.2, -0.15) is 13.2 Å². The van der Waals surface area contributed by atoms with Crippen LogP contribution in [0.2, 0.25) is 0 Å². The van der Waals surface area contributed by atoms with Crippen LogP contribution in [0.4, 0.5) is 24.5 Å². The second-order valence-electron chi connectivity index (χ2n) is 8.12. The minimum atomic E-state index is -4.36. The summed E-state index contributed by atoms with van der Waals surface area (Å²) in [7, 11) is -3.00. The van der Waals surface area contributed by atoms with E-state index in [1.807, 2.05) is 18.2 Å². The quantitative estimate of drug-likeness (QED) is 0.760. The van der Waals surface area contributed by atoms with Crippen molar-refractivity contribution in [3.05, 3.63) is 59.2 Å². The lowest BCUT2D eigenvalue weighted by molar-refractivity contribution is -0.138. The Bertz CT molecular complexity index is 1070. The summed E-state index contributed by atoms with van der Waals surface area (Å²) in [4.78, 5) is 14.6. The lowest BCUT2D eigenvalue weighted by Gasteiger charge is -2.33. The number of benzene rings is 2. The average Bonchev–Trinajstić information content (AvgIpc) is 2.72. The molecule has 2 aliphatic heterocycles. The maximum absolute atomic E-state index is 12.8. The van der Waals surface area contributed by atoms with Crippen LogP contribution in [0.5, 0.6) is 0 Å². The average molecular weight is 452 g/mol. The fourth-order valence-corrected chi connectivity index (χ4v) is 5.61. The highest BCUT2D eigenvalue weighted by Crippen LogP contribution is 2.31. The summed E-state index contributed by atoms with van der Waals surface area (Å²) in [6.07, 6.45) is -2.91. The molecule has 4 rings (SSSR count). The summed E-state index contributed by atoms with van der Waals surface area (Å²) in [6, 6.07) is 10.6. The van der Waals surface area contributed by atoms with Crippen molar-refractivity contribution < 1.29 is 26.4 Å². The van der Waals surface area contributed by atoms with Gasteiger partial charge in [-0.3, -0.25) is 4.79 Å². The number of hydrogen-bond donors (Lipinski definition) is 1. The Labute approximate surface area is 179 Å². The van der Waals surface area contributed by atoms with Crippen molar-refractivity contribution in [3.8, 4) is 0 Å². The van der Waals surface area contributed by atoms with Crippen LogP contribution in [-0.4, -0.2) is 37.3 Å². The number of sulfone groups is 1. The molecule has 31 heavy (non-hydrogen) atoms. The van der Waals surface area contributed by atoms with Gasteiger partial charge in [0, 0.05) is 30.4 Å². The zero-order valence-electron chi connectivity index (χ0n) is 16.8. The molecule has 0 atom stereocenters. The van der Waals surface area contributed by atoms with E-state index in [4.69, 9.17) is 0 Å². The first-order chi connectivity index (χ1) is 14.6. The maximum Gasteiger partial charge on any atom is 0.416 e. The van der Waals surface area contributed by atoms with Gasteiger partial charge in [0.25, 0.3) is 0 Å². The van der Waals surface area contributed by atoms with Crippen molar-refractivity contribution in [2.24, 2.45) is 5.92 Å². The molecule has 1 amide bonds. The van der Waals surface area contributed by atoms with Gasteiger partial charge in [0.15, 0.2) is 0 Å². The lowest BCUT2D eigenvalue weighted by atomic mass is 9.95. The summed E-state index contributed by atoms with van der Waals surface area (Å²) in [5.41, 5.74) is 2.76. The molecule has 2 heterocycles. The van der Waals surface area contributed by atoms with Crippen molar-refractivity contribution in [1.29, 1.82) is 0 Å². The van der Waals surface area contributed by atoms with Crippen LogP contribution in [0.3, 0.4) is 0 Å². The minimum absolute atomic E-state index is 0.0208. The molecule has 2 aromatic rings. The Balaban J connectivity index is 1.40. The van der Waals surface area contributed by atoms with Crippen molar-refractivity contribution in [2.75, 3.05) is 23.4 Å². The molecule has 0 aliphatic carbocycles. The third kappa shape index (κ3) is 5.03. The monoisotopic (exact) mass is 452 g/mol. The number of amides is 1. The number of halogens is 3. The molecule has 1 N–H and O–H groups in total. The summed E-state index contributed by atoms with van der Waals surface area (Å²) in [5, 5.41) is 3.12. The molecular formula is C22H23F3N2O3S. The zero-order valence-corrected chi connectivity index (χ0v) is 17.6. The Morgan fingerprint density at radius 3 is 2.26 bits per heavy atom. The fraction of sp³-hybridized carbons (Fsp3) is 0.409. The van der Waals surface area contributed by atoms with Crippen LogP contribution in [0.25, 0.3) is 0 Å². The molecule has 2 aliphatic rings. The van der Waals surface area contributed by atoms with E-state index < -0.39 is 21.6 Å². The molecule has 5 nitrogen and oxygen atoms in total. The van der Waals surface area contributed by atoms with Crippen LogP contribution < -0.4 is 5.32 Å². The van der Waals surface area contributed by atoms with E-state index in [0.29, 0.717) is 38.0 Å². The largest absolute Gasteiger partial charge is 0.416 e. The van der Waals surface area contributed by atoms with Gasteiger partial charge in [-0.15, -0.1) is 0 Å². The van der Waals surface area contributed by atoms with Crippen LogP contribution >= 0.6 is 0 Å². The molecule has 0 saturated carbocycles. The van der Waals surface area contributed by atoms with Crippen molar-refractivity contribution >= 4 is 27.1 Å². The van der Waals surface area contributed by atoms with Gasteiger partial charge in [-0.1, -0.05) is 6.07 Å². The van der Waals surface area contributed by atoms with Crippen LogP contribution in [-0.2, 0) is 33.8 Å². The third-order valence-electron chi connectivity index (χ3n) is 5.93. The van der Waals surface area contributed by atoms with Crippen molar-refractivity contribution in [3.63, 3.8) is 0 Å². The van der Waals surface area contributed by atoms with Crippen LogP contribution in [0, 0.1) is 5.92 Å². The van der Waals surface area contributed by atoms with Gasteiger partial charge < -0.3 is 10.2 Å². The Kier molecular flexibility index (Phi) is 5.72. The number of nitrogens with zero attached hydrogens (tertiary/aromatic N) is 1. The summed E-state index contributed by atoms with van der Waals surface area (Å²) in [6.45, 7) is 1.05. The Hall–Kier alpha value is -2.55. The second kappa shape index (κ2) is 8.18. The predicted octanol–water partition coefficient (Wildman–Crippen LogP) is 4.16. The molecule has 1 saturated heterocycles. The van der Waals surface area contributed by atoms with Crippen LogP contribution in [0.15, 0.2) is 42.5 Å². The van der Waals surface area contributed by atoms with E-state index in [9.17, 15) is 26.4 Å². The number of fused-ring (bicyclic) bond motifs is 1. The number of rotatable bonds is 3. The number of alkyl halides is 3. The van der Waals surface area contributed by atoms with Gasteiger partial charge in [-0.05, 0) is 66.8 Å². The summed E-state index contributed by atoms with van der Waals surface area (Å²) >= 11 is 0. The fourth-order valence-electron chi connectivity index (χ4n) is 4.12. The number of hydrogen-bond acceptors (Lipinski definition) is 4. The van der Waals surface area contributed by atoms with E-state index in [1.165, 1.54) is 12.1 Å². The van der Waals surface area contributed by atoms with Gasteiger partial charge in [0.1, 0.15) is 9.84 Å². The molecule has 0 unspecified atom stereocenters. The van der Waals surface area contributed by atoms with Crippen LogP contribution in [0.1, 0.15) is 29.5 Å². The molecule has 0 spiro atoms. The summed E-state index contributed by atoms with van der Waals surface area (Å²) < 4.78 is 61.3. The topological polar surface area (TPSA) is 66.5 Å². The molecule has 9 heteroatoms. The van der Waals surface area contributed by atoms with Gasteiger partial charge >= 0.3 is 6.18 Å². The Morgan fingerprint density at radius 2 is 1.61 bits per heavy atom. The van der Waals surface area contributed by atoms with Gasteiger partial charge in [-0.25, -0.2) is 8.42 Å². The van der Waals surface area contributed by atoms with Crippen molar-refractivity contribution in [1.82, 2.24) is 4.90 Å². The SMILES string of the molecule is O=C(C1CCS(=O)(=O)CC1)N1CCc2cc(Nc3ccc(C(F)(F)F)cc3)ccc2C1. The second-order valence-corrected chi connectivity index (χ2v) is 10.4. The predicted molar refractivity (Wildman–Crippen MR) is 112 cm³/mol. The minimum Gasteiger partial charge on any atom is -0.356 e. The van der Waals surface area contributed by atoms with Gasteiger partial charge in [0.05, 0.1) is 17.1 Å². The summed E-state index contributed by atoms with van der Waals surface area (Å²) in [5.74, 6) is -0.0576. The van der Waals surface area contributed by atoms with Gasteiger partial charge in [0.2, 0.25) is 5.91 Å². The standard InChI is InChI=1S/C22H23F3N2O3S/c23-22(24,25)18-2-5-19(6-3-18)26-20-4-1-17-14-27(10-7-16(17)13-20)21(28)15-8-11-31(29,30)12-9-15/h1-6,13,15,26H,7-12,14H2. The molecule has 0 bridgehead atoms. The highest BCUT2D eigenvalue weighted by atomic mass is 32.2. The first kappa shape index (κ1) is 21.7. The van der Waals surface area contributed by atoms with E-state index in [2.05, 4.69) is 5.32 Å². The van der Waals surface area contributed by atoms with E-state index >= 15 is 0 Å². The zero-order chi connectivity index (χ0) is 22.2. The number of carbonyl (C=O) groups is 1. The molecule has 0 radical (unpaired) electrons. The molecule has 2 aromatic carbocycles. The first-order valence-electron chi connectivity index (χ1n) is 10.2. The Morgan fingerprint density at radius 1 is 0.968 bits per heavy atom. The van der Waals surface area contributed by atoms with Crippen molar-refractivity contribution in [2.45, 2.75) is 32.0 Å². The molecule has 1 fully saturated rings. The first-order valence-corrected chi connectivity index (χ1v) is 12.0. The smallest absolute Gasteiger partial charge is 0.356 e. The molecule has 166 valence electrons. The van der Waals surface area contributed by atoms with E-state index in [1.54, 1.807) is 4.90 Å². The number of carbonyl (C=O) groups excluding carboxylic acids is 1. The van der Waals surface area contributed by atoms with E-state index in [0.717, 1.165) is 28.9 Å². The molecule has 0 aromatic heterocycles. The maximum atomic E-state index is 12.8. The molecular weight excluding hydrogens is 429 g/mol. The third-order valence-corrected chi connectivity index (χ3v) is 7.65. The highest BCUT2D eigenvalue weighted by molar-refractivity contribution is 7.91. The highest BCUT2D eigenvalue weighted by Gasteiger charge is 2.33. The number of anilines is 2. The lowest BCUT2D eigenvalue weighted by Crippen LogP contribution is -2.42. The van der Waals surface area contributed by atoms with E-state index in [-0.39, 0.29) is 23.3 Å². The number of nitrogens with one attached hydrogen (secondary N) is 1.